The standard InChI is InChI=1S/C21H23F4N5O2/c1-3-29-13-15(10-26-29)12-28-4-5-30(20(28)31)18-9-16(27-6-7-32-14(2)11-27)8-17(19(18)22)21(23,24)25/h4-5,8-10,13-14H,3,6-7,11-12H2,1-2H3/t14-/m0/s1. The summed E-state index contributed by atoms with van der Waals surface area (Å²) < 4.78 is 65.2. The third-order valence-electron chi connectivity index (χ3n) is 5.42. The van der Waals surface area contributed by atoms with Crippen molar-refractivity contribution >= 4 is 5.69 Å². The van der Waals surface area contributed by atoms with E-state index in [-0.39, 0.29) is 18.3 Å². The molecule has 0 aliphatic carbocycles. The van der Waals surface area contributed by atoms with E-state index in [0.29, 0.717) is 26.2 Å². The summed E-state index contributed by atoms with van der Waals surface area (Å²) >= 11 is 0. The third kappa shape index (κ3) is 4.29. The lowest BCUT2D eigenvalue weighted by Crippen LogP contribution is -2.41. The number of aromatic nitrogens is 4. The van der Waals surface area contributed by atoms with Gasteiger partial charge in [-0.3, -0.25) is 13.8 Å². The lowest BCUT2D eigenvalue weighted by atomic mass is 10.1. The van der Waals surface area contributed by atoms with E-state index in [4.69, 9.17) is 4.74 Å². The van der Waals surface area contributed by atoms with Crippen LogP contribution in [0.5, 0.6) is 0 Å². The highest BCUT2D eigenvalue weighted by atomic mass is 19.4. The number of hydrogen-bond acceptors (Lipinski definition) is 4. The van der Waals surface area contributed by atoms with Gasteiger partial charge in [0.25, 0.3) is 0 Å². The second-order valence-corrected chi connectivity index (χ2v) is 7.73. The van der Waals surface area contributed by atoms with Crippen LogP contribution < -0.4 is 10.6 Å². The maximum Gasteiger partial charge on any atom is 0.419 e. The van der Waals surface area contributed by atoms with Crippen LogP contribution in [0, 0.1) is 5.82 Å². The Morgan fingerprint density at radius 3 is 2.69 bits per heavy atom. The molecule has 0 saturated carbocycles. The molecule has 1 fully saturated rings. The highest BCUT2D eigenvalue weighted by Crippen LogP contribution is 2.37. The summed E-state index contributed by atoms with van der Waals surface area (Å²) in [7, 11) is 0. The molecular weight excluding hydrogens is 430 g/mol. The number of aryl methyl sites for hydroxylation is 1. The molecule has 0 N–H and O–H groups in total. The molecule has 3 aromatic rings. The predicted octanol–water partition coefficient (Wildman–Crippen LogP) is 3.29. The minimum absolute atomic E-state index is 0.167. The number of nitrogens with zero attached hydrogens (tertiary/aromatic N) is 5. The molecule has 1 aliphatic heterocycles. The minimum Gasteiger partial charge on any atom is -0.375 e. The average Bonchev–Trinajstić information content (AvgIpc) is 3.34. The number of halogens is 4. The summed E-state index contributed by atoms with van der Waals surface area (Å²) in [6.07, 6.45) is 0.980. The van der Waals surface area contributed by atoms with Gasteiger partial charge < -0.3 is 9.64 Å². The first-order valence-corrected chi connectivity index (χ1v) is 10.2. The third-order valence-corrected chi connectivity index (χ3v) is 5.42. The van der Waals surface area contributed by atoms with Crippen LogP contribution in [-0.4, -0.2) is 44.7 Å². The first-order chi connectivity index (χ1) is 15.2. The smallest absolute Gasteiger partial charge is 0.375 e. The van der Waals surface area contributed by atoms with Gasteiger partial charge in [0.15, 0.2) is 5.82 Å². The maximum absolute atomic E-state index is 15.0. The fourth-order valence-electron chi connectivity index (χ4n) is 3.79. The summed E-state index contributed by atoms with van der Waals surface area (Å²) in [5.74, 6) is -1.48. The Labute approximate surface area is 181 Å². The van der Waals surface area contributed by atoms with E-state index in [2.05, 4.69) is 5.10 Å². The zero-order valence-corrected chi connectivity index (χ0v) is 17.6. The molecule has 1 atom stereocenters. The summed E-state index contributed by atoms with van der Waals surface area (Å²) in [5, 5.41) is 4.14. The fraction of sp³-hybridized carbons (Fsp3) is 0.429. The van der Waals surface area contributed by atoms with Gasteiger partial charge in [0.1, 0.15) is 0 Å². The molecule has 4 rings (SSSR count). The fourth-order valence-corrected chi connectivity index (χ4v) is 3.79. The van der Waals surface area contributed by atoms with E-state index < -0.39 is 28.9 Å². The van der Waals surface area contributed by atoms with Crippen LogP contribution in [0.15, 0.2) is 41.7 Å². The van der Waals surface area contributed by atoms with E-state index in [0.717, 1.165) is 16.2 Å². The normalized spacial score (nSPS) is 17.2. The highest BCUT2D eigenvalue weighted by molar-refractivity contribution is 5.58. The Balaban J connectivity index is 1.76. The monoisotopic (exact) mass is 453 g/mol. The molecule has 0 bridgehead atoms. The summed E-state index contributed by atoms with van der Waals surface area (Å²) in [6, 6.07) is 2.07. The number of morpholine rings is 1. The number of hydrogen-bond donors (Lipinski definition) is 0. The SMILES string of the molecule is CCn1cc(Cn2ccn(-c3cc(N4CCO[C@@H](C)C4)cc(C(F)(F)F)c3F)c2=O)cn1. The molecule has 3 heterocycles. The zero-order valence-electron chi connectivity index (χ0n) is 17.6. The van der Waals surface area contributed by atoms with Gasteiger partial charge in [-0.05, 0) is 26.0 Å². The largest absolute Gasteiger partial charge is 0.419 e. The molecule has 11 heteroatoms. The lowest BCUT2D eigenvalue weighted by Gasteiger charge is -2.33. The van der Waals surface area contributed by atoms with E-state index in [1.165, 1.54) is 23.0 Å². The number of ether oxygens (including phenoxy) is 1. The number of imidazole rings is 1. The Morgan fingerprint density at radius 2 is 2.03 bits per heavy atom. The van der Waals surface area contributed by atoms with Gasteiger partial charge in [0.05, 0.1) is 36.7 Å². The van der Waals surface area contributed by atoms with Crippen molar-refractivity contribution in [2.45, 2.75) is 39.2 Å². The summed E-state index contributed by atoms with van der Waals surface area (Å²) in [6.45, 7) is 5.63. The van der Waals surface area contributed by atoms with Crippen molar-refractivity contribution in [2.75, 3.05) is 24.6 Å². The van der Waals surface area contributed by atoms with Crippen molar-refractivity contribution in [2.24, 2.45) is 0 Å². The Morgan fingerprint density at radius 1 is 1.25 bits per heavy atom. The van der Waals surface area contributed by atoms with Gasteiger partial charge in [-0.15, -0.1) is 0 Å². The van der Waals surface area contributed by atoms with Crippen molar-refractivity contribution in [1.29, 1.82) is 0 Å². The van der Waals surface area contributed by atoms with Gasteiger partial charge in [0.2, 0.25) is 0 Å². The molecule has 1 saturated heterocycles. The maximum atomic E-state index is 15.0. The van der Waals surface area contributed by atoms with E-state index in [1.807, 2.05) is 13.8 Å². The van der Waals surface area contributed by atoms with Crippen LogP contribution in [0.1, 0.15) is 25.0 Å². The summed E-state index contributed by atoms with van der Waals surface area (Å²) in [4.78, 5) is 14.6. The van der Waals surface area contributed by atoms with Crippen LogP contribution in [-0.2, 0) is 24.0 Å². The lowest BCUT2D eigenvalue weighted by molar-refractivity contribution is -0.139. The van der Waals surface area contributed by atoms with Crippen molar-refractivity contribution in [3.05, 3.63) is 64.3 Å². The topological polar surface area (TPSA) is 57.2 Å². The van der Waals surface area contributed by atoms with E-state index in [1.54, 1.807) is 22.0 Å². The Kier molecular flexibility index (Phi) is 5.85. The number of benzene rings is 1. The van der Waals surface area contributed by atoms with Crippen LogP contribution in [0.25, 0.3) is 5.69 Å². The van der Waals surface area contributed by atoms with Crippen LogP contribution in [0.2, 0.25) is 0 Å². The van der Waals surface area contributed by atoms with Crippen molar-refractivity contribution in [1.82, 2.24) is 18.9 Å². The first-order valence-electron chi connectivity index (χ1n) is 10.2. The van der Waals surface area contributed by atoms with Gasteiger partial charge >= 0.3 is 11.9 Å². The van der Waals surface area contributed by atoms with Gasteiger partial charge in [-0.1, -0.05) is 0 Å². The molecule has 1 aliphatic rings. The van der Waals surface area contributed by atoms with E-state index >= 15 is 0 Å². The predicted molar refractivity (Wildman–Crippen MR) is 110 cm³/mol. The second-order valence-electron chi connectivity index (χ2n) is 7.73. The van der Waals surface area contributed by atoms with Crippen molar-refractivity contribution in [3.63, 3.8) is 0 Å². The van der Waals surface area contributed by atoms with E-state index in [9.17, 15) is 22.4 Å². The second kappa shape index (κ2) is 8.45. The molecule has 0 amide bonds. The zero-order chi connectivity index (χ0) is 23.0. The number of anilines is 1. The molecule has 0 unspecified atom stereocenters. The molecular formula is C21H23F4N5O2. The average molecular weight is 453 g/mol. The molecule has 7 nitrogen and oxygen atoms in total. The molecule has 172 valence electrons. The van der Waals surface area contributed by atoms with Crippen molar-refractivity contribution < 1.29 is 22.3 Å². The molecule has 1 aromatic carbocycles. The van der Waals surface area contributed by atoms with Gasteiger partial charge in [0, 0.05) is 49.5 Å². The Bertz CT molecular complexity index is 1160. The quantitative estimate of drug-likeness (QED) is 0.557. The Hall–Kier alpha value is -3.08. The molecule has 32 heavy (non-hydrogen) atoms. The van der Waals surface area contributed by atoms with Crippen LogP contribution in [0.3, 0.4) is 0 Å². The number of alkyl halides is 3. The van der Waals surface area contributed by atoms with Gasteiger partial charge in [-0.2, -0.15) is 18.3 Å². The highest BCUT2D eigenvalue weighted by Gasteiger charge is 2.37. The molecule has 0 radical (unpaired) electrons. The minimum atomic E-state index is -4.91. The molecule has 0 spiro atoms. The first kappa shape index (κ1) is 22.1. The molecule has 2 aromatic heterocycles. The van der Waals surface area contributed by atoms with Gasteiger partial charge in [-0.25, -0.2) is 9.18 Å². The number of rotatable bonds is 5. The van der Waals surface area contributed by atoms with Crippen LogP contribution in [0.4, 0.5) is 23.2 Å². The van der Waals surface area contributed by atoms with Crippen molar-refractivity contribution in [3.8, 4) is 5.69 Å². The van der Waals surface area contributed by atoms with Crippen LogP contribution >= 0.6 is 0 Å². The summed E-state index contributed by atoms with van der Waals surface area (Å²) in [5.41, 5.74) is -1.56.